The third-order valence-corrected chi connectivity index (χ3v) is 0.767. The normalized spacial score (nSPS) is 4.57. The van der Waals surface area contributed by atoms with Crippen molar-refractivity contribution in [3.63, 3.8) is 0 Å². The second kappa shape index (κ2) is 10.3. The van der Waals surface area contributed by atoms with E-state index < -0.39 is 0 Å². The van der Waals surface area contributed by atoms with E-state index in [0.29, 0.717) is 0 Å². The van der Waals surface area contributed by atoms with Crippen LogP contribution in [0.3, 0.4) is 0 Å². The number of hydrogen-bond acceptors (Lipinski definition) is 1. The lowest BCUT2D eigenvalue weighted by Crippen LogP contribution is -1.56. The van der Waals surface area contributed by atoms with E-state index in [2.05, 4.69) is 64.7 Å². The van der Waals surface area contributed by atoms with Gasteiger partial charge in [-0.25, -0.2) is 0 Å². The van der Waals surface area contributed by atoms with Crippen molar-refractivity contribution in [3.05, 3.63) is 77.3 Å². The summed E-state index contributed by atoms with van der Waals surface area (Å²) in [4.78, 5) is 0. The average Bonchev–Trinajstić information content (AvgIpc) is 2.21. The summed E-state index contributed by atoms with van der Waals surface area (Å²) in [5.41, 5.74) is 22.1. The fourth-order valence-corrected chi connectivity index (χ4v) is 0.347. The molecule has 0 saturated carbocycles. The monoisotopic (exact) mass is 178 g/mol. The molecule has 0 aromatic carbocycles. The molecule has 1 nitrogen and oxygen atoms in total. The van der Waals surface area contributed by atoms with Crippen LogP contribution in [-0.4, -0.2) is 0 Å². The molecule has 0 aromatic heterocycles. The van der Waals surface area contributed by atoms with Gasteiger partial charge < -0.3 is 4.74 Å². The van der Waals surface area contributed by atoms with Gasteiger partial charge in [-0.15, -0.1) is 0 Å². The Morgan fingerprint density at radius 2 is 1.36 bits per heavy atom. The Bertz CT molecular complexity index is 522. The summed E-state index contributed by atoms with van der Waals surface area (Å²) in [6.07, 6.45) is 2.55. The molecule has 64 valence electrons. The van der Waals surface area contributed by atoms with Gasteiger partial charge in [-0.2, -0.15) is 0 Å². The minimum absolute atomic E-state index is 1.27. The Morgan fingerprint density at radius 1 is 0.714 bits per heavy atom. The van der Waals surface area contributed by atoms with Crippen LogP contribution in [0.5, 0.6) is 0 Å². The molecular weight excluding hydrogens is 172 g/mol. The predicted octanol–water partition coefficient (Wildman–Crippen LogP) is 2.69. The van der Waals surface area contributed by atoms with E-state index in [0.717, 1.165) is 0 Å². The van der Waals surface area contributed by atoms with E-state index in [1.807, 2.05) is 0 Å². The summed E-state index contributed by atoms with van der Waals surface area (Å²) >= 11 is 0. The Labute approximate surface area is 82.6 Å². The zero-order chi connectivity index (χ0) is 10.5. The van der Waals surface area contributed by atoms with Crippen molar-refractivity contribution in [2.45, 2.75) is 0 Å². The summed E-state index contributed by atoms with van der Waals surface area (Å²) in [6, 6.07) is 0. The van der Waals surface area contributed by atoms with Gasteiger partial charge >= 0.3 is 0 Å². The molecule has 0 aliphatic carbocycles. The van der Waals surface area contributed by atoms with Gasteiger partial charge in [0, 0.05) is 0 Å². The van der Waals surface area contributed by atoms with Crippen molar-refractivity contribution in [2.24, 2.45) is 0 Å². The summed E-state index contributed by atoms with van der Waals surface area (Å²) in [7, 11) is 0. The summed E-state index contributed by atoms with van der Waals surface area (Å²) in [6.45, 7) is 6.58. The van der Waals surface area contributed by atoms with Crippen LogP contribution in [0.1, 0.15) is 0 Å². The van der Waals surface area contributed by atoms with Gasteiger partial charge in [0.25, 0.3) is 0 Å². The fraction of sp³-hybridized carbons (Fsp3) is 0. The van der Waals surface area contributed by atoms with Crippen molar-refractivity contribution in [1.29, 1.82) is 0 Å². The Morgan fingerprint density at radius 3 is 2.07 bits per heavy atom. The molecular formula is C13H6O. The molecule has 1 heteroatoms. The zero-order valence-corrected chi connectivity index (χ0v) is 7.48. The van der Waals surface area contributed by atoms with Crippen molar-refractivity contribution >= 4 is 0 Å². The van der Waals surface area contributed by atoms with E-state index in [1.54, 1.807) is 0 Å². The number of hydrogen-bond donors (Lipinski definition) is 0. The lowest BCUT2D eigenvalue weighted by Gasteiger charge is -1.76. The molecule has 0 radical (unpaired) electrons. The van der Waals surface area contributed by atoms with E-state index in [-0.39, 0.29) is 0 Å². The van der Waals surface area contributed by atoms with Gasteiger partial charge in [-0.05, 0) is 53.3 Å². The first-order valence-corrected chi connectivity index (χ1v) is 3.51. The Balaban J connectivity index is 4.68. The highest BCUT2D eigenvalue weighted by Crippen LogP contribution is 1.72. The lowest BCUT2D eigenvalue weighted by molar-refractivity contribution is 0.405. The number of rotatable bonds is 2. The quantitative estimate of drug-likeness (QED) is 0.466. The molecule has 0 aromatic rings. The molecule has 0 N–H and O–H groups in total. The predicted molar refractivity (Wildman–Crippen MR) is 53.1 cm³/mol. The van der Waals surface area contributed by atoms with Gasteiger partial charge in [-0.3, -0.25) is 0 Å². The fourth-order valence-electron chi connectivity index (χ4n) is 0.347. The SMILES string of the molecule is C=C=C=C=C=C=C=C=COC=C=C=C. The minimum atomic E-state index is 1.27. The summed E-state index contributed by atoms with van der Waals surface area (Å²) < 4.78 is 4.74. The van der Waals surface area contributed by atoms with Gasteiger partial charge in [0.1, 0.15) is 12.5 Å². The molecule has 0 heterocycles. The first-order chi connectivity index (χ1) is 6.91. The van der Waals surface area contributed by atoms with Gasteiger partial charge in [0.15, 0.2) is 0 Å². The minimum Gasteiger partial charge on any atom is -0.455 e. The average molecular weight is 178 g/mol. The lowest BCUT2D eigenvalue weighted by atomic mass is 10.7. The Hall–Kier alpha value is -2.70. The van der Waals surface area contributed by atoms with E-state index in [1.165, 1.54) is 12.5 Å². The van der Waals surface area contributed by atoms with E-state index in [4.69, 9.17) is 4.74 Å². The van der Waals surface area contributed by atoms with Crippen molar-refractivity contribution in [3.8, 4) is 0 Å². The van der Waals surface area contributed by atoms with Crippen LogP contribution in [0.2, 0.25) is 0 Å². The van der Waals surface area contributed by atoms with Crippen LogP contribution in [0, 0.1) is 0 Å². The molecule has 0 saturated heterocycles. The van der Waals surface area contributed by atoms with Crippen LogP contribution in [0.25, 0.3) is 0 Å². The van der Waals surface area contributed by atoms with Gasteiger partial charge in [-0.1, -0.05) is 11.5 Å². The molecule has 0 fully saturated rings. The molecule has 14 heavy (non-hydrogen) atoms. The zero-order valence-electron chi connectivity index (χ0n) is 7.48. The molecule has 0 rings (SSSR count). The molecule has 0 spiro atoms. The van der Waals surface area contributed by atoms with Gasteiger partial charge in [0.05, 0.1) is 0 Å². The topological polar surface area (TPSA) is 9.23 Å². The molecule has 0 atom stereocenters. The maximum Gasteiger partial charge on any atom is 0.142 e. The maximum absolute atomic E-state index is 4.74. The summed E-state index contributed by atoms with van der Waals surface area (Å²) in [5.74, 6) is 0. The molecule has 0 amide bonds. The van der Waals surface area contributed by atoms with E-state index in [9.17, 15) is 0 Å². The highest BCUT2D eigenvalue weighted by Gasteiger charge is 1.57. The van der Waals surface area contributed by atoms with Crippen LogP contribution in [0.4, 0.5) is 0 Å². The summed E-state index contributed by atoms with van der Waals surface area (Å²) in [5, 5.41) is 0. The standard InChI is InChI=1S/C13H6O/c1-3-5-7-8-9-10-11-13-14-12-6-4-2/h12-13H,1-2H2. The first-order valence-electron chi connectivity index (χ1n) is 3.51. The number of ether oxygens (including phenoxy) is 1. The highest BCUT2D eigenvalue weighted by atomic mass is 16.5. The van der Waals surface area contributed by atoms with Crippen LogP contribution < -0.4 is 0 Å². The molecule has 0 bridgehead atoms. The van der Waals surface area contributed by atoms with Gasteiger partial charge in [0.2, 0.25) is 0 Å². The third kappa shape index (κ3) is 9.30. The molecule has 0 unspecified atom stereocenters. The van der Waals surface area contributed by atoms with E-state index >= 15 is 0 Å². The maximum atomic E-state index is 4.74. The van der Waals surface area contributed by atoms with Crippen molar-refractivity contribution in [2.75, 3.05) is 0 Å². The first kappa shape index (κ1) is 11.3. The highest BCUT2D eigenvalue weighted by molar-refractivity contribution is 4.88. The largest absolute Gasteiger partial charge is 0.455 e. The second-order valence-corrected chi connectivity index (χ2v) is 1.64. The third-order valence-electron chi connectivity index (χ3n) is 0.767. The smallest absolute Gasteiger partial charge is 0.142 e. The molecule has 0 aliphatic heterocycles. The van der Waals surface area contributed by atoms with Crippen LogP contribution in [-0.2, 0) is 4.74 Å². The Kier molecular flexibility index (Phi) is 8.31. The molecule has 0 aliphatic rings. The van der Waals surface area contributed by atoms with Crippen molar-refractivity contribution in [1.82, 2.24) is 0 Å². The van der Waals surface area contributed by atoms with Crippen LogP contribution >= 0.6 is 0 Å². The van der Waals surface area contributed by atoms with Crippen molar-refractivity contribution < 1.29 is 4.74 Å². The van der Waals surface area contributed by atoms with Crippen LogP contribution in [0.15, 0.2) is 77.3 Å². The second-order valence-electron chi connectivity index (χ2n) is 1.64.